The van der Waals surface area contributed by atoms with E-state index in [1.807, 2.05) is 13.8 Å². The van der Waals surface area contributed by atoms with E-state index in [4.69, 9.17) is 6.42 Å². The van der Waals surface area contributed by atoms with Crippen LogP contribution in [0.15, 0.2) is 121 Å². The molecule has 0 fully saturated rings. The molecule has 0 aromatic heterocycles. The molecule has 0 aliphatic heterocycles. The van der Waals surface area contributed by atoms with Crippen LogP contribution in [0.1, 0.15) is 19.4 Å². The molecule has 4 rings (SSSR count). The fraction of sp³-hybridized carbons (Fsp3) is 0.212. The Labute approximate surface area is 306 Å². The molecule has 0 aliphatic rings. The predicted octanol–water partition coefficient (Wildman–Crippen LogP) is 6.64. The van der Waals surface area contributed by atoms with E-state index >= 15 is 0 Å². The minimum absolute atomic E-state index is 0.0542. The number of hydrogen-bond donors (Lipinski definition) is 0. The van der Waals surface area contributed by atoms with Crippen molar-refractivity contribution in [1.29, 1.82) is 0 Å². The summed E-state index contributed by atoms with van der Waals surface area (Å²) in [4.78, 5) is -0.518. The molecule has 276 valence electrons. The standard InChI is InChI=1S/C16H14BrNO4S2.C15H14F3NO4S2.C2H6/c1-3-11-18(23(2,19)20)16-10-9-14(12-15(16)17)24(21,22)13-7-5-4-6-8-13;1-19(24(2,20)21)14-9-8-12(10-13(14)15(16,17)18)25(22,23)11-6-4-3-5-7-11;1-2/h1,4-10,12H,11H2,2H3;3-10H,1-2H3;1-2H3. The van der Waals surface area contributed by atoms with Crippen molar-refractivity contribution in [3.63, 3.8) is 0 Å². The zero-order chi connectivity index (χ0) is 39.0. The maximum atomic E-state index is 13.4. The quantitative estimate of drug-likeness (QED) is 0.171. The molecule has 0 bridgehead atoms. The Morgan fingerprint density at radius 3 is 1.41 bits per heavy atom. The van der Waals surface area contributed by atoms with E-state index in [9.17, 15) is 46.8 Å². The van der Waals surface area contributed by atoms with Crippen molar-refractivity contribution in [2.24, 2.45) is 0 Å². The first kappa shape index (κ1) is 43.3. The van der Waals surface area contributed by atoms with Gasteiger partial charge < -0.3 is 0 Å². The topological polar surface area (TPSA) is 143 Å². The van der Waals surface area contributed by atoms with Crippen molar-refractivity contribution >= 4 is 67.0 Å². The van der Waals surface area contributed by atoms with Crippen LogP contribution in [-0.2, 0) is 45.9 Å². The molecule has 0 saturated heterocycles. The van der Waals surface area contributed by atoms with Crippen molar-refractivity contribution in [3.05, 3.63) is 107 Å². The van der Waals surface area contributed by atoms with Gasteiger partial charge in [0, 0.05) is 11.5 Å². The molecule has 4 aromatic rings. The molecule has 0 atom stereocenters. The van der Waals surface area contributed by atoms with Gasteiger partial charge in [0.15, 0.2) is 0 Å². The van der Waals surface area contributed by atoms with Crippen LogP contribution in [0.4, 0.5) is 24.5 Å². The smallest absolute Gasteiger partial charge is 0.273 e. The minimum Gasteiger partial charge on any atom is -0.273 e. The number of rotatable bonds is 9. The van der Waals surface area contributed by atoms with Crippen LogP contribution in [0.5, 0.6) is 0 Å². The highest BCUT2D eigenvalue weighted by Gasteiger charge is 2.37. The van der Waals surface area contributed by atoms with Gasteiger partial charge in [0.1, 0.15) is 0 Å². The summed E-state index contributed by atoms with van der Waals surface area (Å²) in [5.74, 6) is 2.28. The largest absolute Gasteiger partial charge is 0.418 e. The van der Waals surface area contributed by atoms with E-state index in [2.05, 4.69) is 21.9 Å². The van der Waals surface area contributed by atoms with Gasteiger partial charge in [-0.05, 0) is 76.6 Å². The number of nitrogens with zero attached hydrogens (tertiary/aromatic N) is 2. The van der Waals surface area contributed by atoms with Crippen molar-refractivity contribution in [2.75, 3.05) is 34.7 Å². The van der Waals surface area contributed by atoms with Gasteiger partial charge in [-0.3, -0.25) is 8.61 Å². The number of alkyl halides is 3. The second kappa shape index (κ2) is 17.1. The number of terminal acetylenes is 1. The first-order valence-electron chi connectivity index (χ1n) is 14.5. The van der Waals surface area contributed by atoms with Crippen LogP contribution < -0.4 is 8.61 Å². The fourth-order valence-corrected chi connectivity index (χ4v) is 8.97. The summed E-state index contributed by atoms with van der Waals surface area (Å²) in [5, 5.41) is 0. The summed E-state index contributed by atoms with van der Waals surface area (Å²) in [6.45, 7) is 3.85. The lowest BCUT2D eigenvalue weighted by Crippen LogP contribution is -2.30. The molecule has 0 unspecified atom stereocenters. The van der Waals surface area contributed by atoms with Crippen molar-refractivity contribution in [3.8, 4) is 12.3 Å². The van der Waals surface area contributed by atoms with Crippen molar-refractivity contribution < 1.29 is 46.8 Å². The zero-order valence-electron chi connectivity index (χ0n) is 27.8. The molecule has 10 nitrogen and oxygen atoms in total. The van der Waals surface area contributed by atoms with E-state index in [0.717, 1.165) is 36.0 Å². The Kier molecular flexibility index (Phi) is 14.5. The SMILES string of the molecule is C#CCN(c1ccc(S(=O)(=O)c2ccccc2)cc1Br)S(C)(=O)=O.CC.CN(c1ccc(S(=O)(=O)c2ccccc2)cc1C(F)(F)F)S(C)(=O)=O. The lowest BCUT2D eigenvalue weighted by Gasteiger charge is -2.22. The Hall–Kier alpha value is -3.89. The highest BCUT2D eigenvalue weighted by atomic mass is 79.9. The summed E-state index contributed by atoms with van der Waals surface area (Å²) in [5.41, 5.74) is -1.72. The second-order valence-corrected chi connectivity index (χ2v) is 18.8. The number of hydrogen-bond acceptors (Lipinski definition) is 8. The first-order chi connectivity index (χ1) is 23.5. The Morgan fingerprint density at radius 1 is 0.647 bits per heavy atom. The third kappa shape index (κ3) is 10.8. The minimum atomic E-state index is -4.93. The summed E-state index contributed by atoms with van der Waals surface area (Å²) >= 11 is 3.24. The molecule has 0 N–H and O–H groups in total. The lowest BCUT2D eigenvalue weighted by molar-refractivity contribution is -0.137. The van der Waals surface area contributed by atoms with Crippen molar-refractivity contribution in [2.45, 2.75) is 39.6 Å². The summed E-state index contributed by atoms with van der Waals surface area (Å²) in [6, 6.07) is 21.4. The molecule has 18 heteroatoms. The monoisotopic (exact) mass is 850 g/mol. The number of sulfonamides is 2. The van der Waals surface area contributed by atoms with Crippen LogP contribution in [0.25, 0.3) is 0 Å². The normalized spacial score (nSPS) is 11.9. The molecule has 0 saturated carbocycles. The summed E-state index contributed by atoms with van der Waals surface area (Å²) < 4.78 is 139. The molecule has 51 heavy (non-hydrogen) atoms. The molecular weight excluding hydrogens is 818 g/mol. The van der Waals surface area contributed by atoms with Crippen LogP contribution >= 0.6 is 15.9 Å². The number of sulfone groups is 2. The number of halogens is 4. The Balaban J connectivity index is 0.000000337. The van der Waals surface area contributed by atoms with Gasteiger partial charge in [-0.15, -0.1) is 6.42 Å². The molecule has 4 aromatic carbocycles. The molecule has 0 radical (unpaired) electrons. The summed E-state index contributed by atoms with van der Waals surface area (Å²) in [7, 11) is -14.4. The van der Waals surface area contributed by atoms with Crippen LogP contribution in [0.3, 0.4) is 0 Å². The number of benzene rings is 4. The van der Waals surface area contributed by atoms with Crippen LogP contribution in [0, 0.1) is 12.3 Å². The predicted molar refractivity (Wildman–Crippen MR) is 195 cm³/mol. The van der Waals surface area contributed by atoms with Gasteiger partial charge in [0.05, 0.1) is 55.6 Å². The van der Waals surface area contributed by atoms with Gasteiger partial charge in [0.2, 0.25) is 39.7 Å². The maximum absolute atomic E-state index is 13.4. The van der Waals surface area contributed by atoms with Crippen LogP contribution in [-0.4, -0.2) is 59.8 Å². The average molecular weight is 852 g/mol. The molecular formula is C33H34BrF3N2O8S4. The zero-order valence-corrected chi connectivity index (χ0v) is 32.7. The van der Waals surface area contributed by atoms with E-state index in [0.29, 0.717) is 14.8 Å². The van der Waals surface area contributed by atoms with Gasteiger partial charge in [-0.25, -0.2) is 33.7 Å². The van der Waals surface area contributed by atoms with Gasteiger partial charge in [0.25, 0.3) is 0 Å². The second-order valence-electron chi connectivity index (χ2n) is 10.1. The highest BCUT2D eigenvalue weighted by Crippen LogP contribution is 2.39. The van der Waals surface area contributed by atoms with E-state index < -0.39 is 62.0 Å². The van der Waals surface area contributed by atoms with E-state index in [-0.39, 0.29) is 26.9 Å². The fourth-order valence-electron chi connectivity index (χ4n) is 4.16. The van der Waals surface area contributed by atoms with Crippen molar-refractivity contribution in [1.82, 2.24) is 0 Å². The summed E-state index contributed by atoms with van der Waals surface area (Å²) in [6.07, 6.45) is 2.07. The van der Waals surface area contributed by atoms with E-state index in [1.54, 1.807) is 24.3 Å². The third-order valence-corrected chi connectivity index (χ3v) is 13.1. The van der Waals surface area contributed by atoms with Crippen LogP contribution in [0.2, 0.25) is 0 Å². The third-order valence-electron chi connectivity index (χ3n) is 6.66. The average Bonchev–Trinajstić information content (AvgIpc) is 3.07. The Morgan fingerprint density at radius 2 is 1.06 bits per heavy atom. The maximum Gasteiger partial charge on any atom is 0.418 e. The highest BCUT2D eigenvalue weighted by molar-refractivity contribution is 9.10. The van der Waals surface area contributed by atoms with Gasteiger partial charge >= 0.3 is 6.18 Å². The van der Waals surface area contributed by atoms with Gasteiger partial charge in [-0.1, -0.05) is 56.2 Å². The van der Waals surface area contributed by atoms with Gasteiger partial charge in [-0.2, -0.15) is 13.2 Å². The molecule has 0 aliphatic carbocycles. The Bertz CT molecular complexity index is 2320. The number of anilines is 2. The molecule has 0 spiro atoms. The molecule has 0 amide bonds. The van der Waals surface area contributed by atoms with E-state index in [1.165, 1.54) is 54.6 Å². The first-order valence-corrected chi connectivity index (χ1v) is 21.9. The molecule has 0 heterocycles. The lowest BCUT2D eigenvalue weighted by atomic mass is 10.1.